The van der Waals surface area contributed by atoms with Crippen LogP contribution in [-0.4, -0.2) is 11.0 Å². The molecule has 0 saturated carbocycles. The van der Waals surface area contributed by atoms with Crippen molar-refractivity contribution in [1.82, 2.24) is 10.3 Å². The number of rotatable bonds is 6. The SMILES string of the molecule is O=C(NCc1cccnc1)Nc1ccc(C=Cc2ccccc2-c2ccccc2)cc1. The molecule has 31 heavy (non-hydrogen) atoms. The third-order valence-electron chi connectivity index (χ3n) is 4.85. The van der Waals surface area contributed by atoms with Crippen LogP contribution < -0.4 is 10.6 Å². The normalized spacial score (nSPS) is 10.7. The highest BCUT2D eigenvalue weighted by Gasteiger charge is 2.03. The number of hydrogen-bond donors (Lipinski definition) is 2. The summed E-state index contributed by atoms with van der Waals surface area (Å²) in [5.74, 6) is 0. The van der Waals surface area contributed by atoms with Gasteiger partial charge in [0, 0.05) is 24.6 Å². The first-order chi connectivity index (χ1) is 15.3. The van der Waals surface area contributed by atoms with Gasteiger partial charge < -0.3 is 10.6 Å². The molecule has 152 valence electrons. The molecule has 0 fully saturated rings. The third kappa shape index (κ3) is 5.67. The first-order valence-corrected chi connectivity index (χ1v) is 10.1. The van der Waals surface area contributed by atoms with Gasteiger partial charge in [0.25, 0.3) is 0 Å². The van der Waals surface area contributed by atoms with Gasteiger partial charge in [-0.1, -0.05) is 84.9 Å². The Morgan fingerprint density at radius 1 is 0.806 bits per heavy atom. The van der Waals surface area contributed by atoms with Gasteiger partial charge >= 0.3 is 6.03 Å². The Balaban J connectivity index is 1.38. The molecule has 0 unspecified atom stereocenters. The molecule has 3 aromatic carbocycles. The molecule has 0 radical (unpaired) electrons. The van der Waals surface area contributed by atoms with Crippen molar-refractivity contribution in [1.29, 1.82) is 0 Å². The number of carbonyl (C=O) groups is 1. The fourth-order valence-electron chi connectivity index (χ4n) is 3.25. The highest BCUT2D eigenvalue weighted by Crippen LogP contribution is 2.25. The Morgan fingerprint density at radius 2 is 1.58 bits per heavy atom. The van der Waals surface area contributed by atoms with E-state index < -0.39 is 0 Å². The Kier molecular flexibility index (Phi) is 6.51. The quantitative estimate of drug-likeness (QED) is 0.373. The summed E-state index contributed by atoms with van der Waals surface area (Å²) in [5.41, 5.74) is 6.30. The molecule has 1 aromatic heterocycles. The summed E-state index contributed by atoms with van der Waals surface area (Å²) in [7, 11) is 0. The lowest BCUT2D eigenvalue weighted by Crippen LogP contribution is -2.28. The molecule has 0 spiro atoms. The average molecular weight is 406 g/mol. The average Bonchev–Trinajstić information content (AvgIpc) is 2.84. The molecule has 2 amide bonds. The molecule has 4 nitrogen and oxygen atoms in total. The predicted molar refractivity (Wildman–Crippen MR) is 127 cm³/mol. The standard InChI is InChI=1S/C27H23N3O/c31-27(29-20-22-7-6-18-28-19-22)30-25-16-13-21(14-17-25)12-15-24-10-4-5-11-26(24)23-8-2-1-3-9-23/h1-19H,20H2,(H2,29,30,31). The highest BCUT2D eigenvalue weighted by atomic mass is 16.2. The van der Waals surface area contributed by atoms with Gasteiger partial charge in [0.2, 0.25) is 0 Å². The van der Waals surface area contributed by atoms with Crippen LogP contribution in [0, 0.1) is 0 Å². The number of hydrogen-bond acceptors (Lipinski definition) is 2. The fourth-order valence-corrected chi connectivity index (χ4v) is 3.25. The van der Waals surface area contributed by atoms with Gasteiger partial charge in [-0.2, -0.15) is 0 Å². The van der Waals surface area contributed by atoms with Gasteiger partial charge in [-0.15, -0.1) is 0 Å². The Bertz CT molecular complexity index is 1150. The second-order valence-electron chi connectivity index (χ2n) is 7.08. The summed E-state index contributed by atoms with van der Waals surface area (Å²) in [6.07, 6.45) is 7.64. The van der Waals surface area contributed by atoms with Crippen LogP contribution in [0.15, 0.2) is 103 Å². The lowest BCUT2D eigenvalue weighted by molar-refractivity contribution is 0.251. The number of amides is 2. The summed E-state index contributed by atoms with van der Waals surface area (Å²) in [6, 6.07) is 30.0. The predicted octanol–water partition coefficient (Wildman–Crippen LogP) is 6.24. The number of nitrogens with one attached hydrogen (secondary N) is 2. The minimum Gasteiger partial charge on any atom is -0.334 e. The van der Waals surface area contributed by atoms with Crippen molar-refractivity contribution in [3.63, 3.8) is 0 Å². The van der Waals surface area contributed by atoms with Crippen molar-refractivity contribution in [2.75, 3.05) is 5.32 Å². The summed E-state index contributed by atoms with van der Waals surface area (Å²) in [6.45, 7) is 0.432. The maximum Gasteiger partial charge on any atom is 0.319 e. The van der Waals surface area contributed by atoms with E-state index in [-0.39, 0.29) is 6.03 Å². The minimum atomic E-state index is -0.246. The number of carbonyl (C=O) groups excluding carboxylic acids is 1. The van der Waals surface area contributed by atoms with Crippen molar-refractivity contribution in [2.24, 2.45) is 0 Å². The van der Waals surface area contributed by atoms with Gasteiger partial charge in [-0.05, 0) is 46.0 Å². The molecule has 0 saturated heterocycles. The second-order valence-corrected chi connectivity index (χ2v) is 7.08. The van der Waals surface area contributed by atoms with Crippen molar-refractivity contribution in [3.8, 4) is 11.1 Å². The van der Waals surface area contributed by atoms with E-state index in [9.17, 15) is 4.79 Å². The zero-order valence-electron chi connectivity index (χ0n) is 17.0. The molecule has 4 heteroatoms. The largest absolute Gasteiger partial charge is 0.334 e. The first-order valence-electron chi connectivity index (χ1n) is 10.1. The maximum absolute atomic E-state index is 12.1. The Hall–Kier alpha value is -4.18. The van der Waals surface area contributed by atoms with Crippen LogP contribution >= 0.6 is 0 Å². The smallest absolute Gasteiger partial charge is 0.319 e. The number of nitrogens with zero attached hydrogens (tertiary/aromatic N) is 1. The number of urea groups is 1. The molecule has 0 bridgehead atoms. The van der Waals surface area contributed by atoms with Crippen LogP contribution in [0.25, 0.3) is 23.3 Å². The summed E-state index contributed by atoms with van der Waals surface area (Å²) in [4.78, 5) is 16.1. The number of pyridine rings is 1. The second kappa shape index (κ2) is 10.0. The summed E-state index contributed by atoms with van der Waals surface area (Å²) in [5, 5.41) is 5.68. The monoisotopic (exact) mass is 405 g/mol. The van der Waals surface area contributed by atoms with E-state index in [1.54, 1.807) is 12.4 Å². The molecule has 4 rings (SSSR count). The minimum absolute atomic E-state index is 0.246. The van der Waals surface area contributed by atoms with E-state index in [1.165, 1.54) is 11.1 Å². The molecule has 2 N–H and O–H groups in total. The van der Waals surface area contributed by atoms with Crippen LogP contribution in [0.1, 0.15) is 16.7 Å². The van der Waals surface area contributed by atoms with E-state index in [0.29, 0.717) is 6.54 Å². The van der Waals surface area contributed by atoms with Gasteiger partial charge in [0.05, 0.1) is 0 Å². The number of benzene rings is 3. The van der Waals surface area contributed by atoms with Gasteiger partial charge in [0.15, 0.2) is 0 Å². The van der Waals surface area contributed by atoms with E-state index in [2.05, 4.69) is 70.2 Å². The third-order valence-corrected chi connectivity index (χ3v) is 4.85. The maximum atomic E-state index is 12.1. The molecule has 0 atom stereocenters. The Labute approximate surface area is 182 Å². The van der Waals surface area contributed by atoms with E-state index in [1.807, 2.05) is 48.5 Å². The van der Waals surface area contributed by atoms with Crippen LogP contribution in [0.2, 0.25) is 0 Å². The lowest BCUT2D eigenvalue weighted by Gasteiger charge is -2.08. The summed E-state index contributed by atoms with van der Waals surface area (Å²) < 4.78 is 0. The van der Waals surface area contributed by atoms with E-state index in [4.69, 9.17) is 0 Å². The van der Waals surface area contributed by atoms with Crippen molar-refractivity contribution >= 4 is 23.9 Å². The van der Waals surface area contributed by atoms with Crippen LogP contribution in [0.4, 0.5) is 10.5 Å². The molecule has 0 aliphatic carbocycles. The summed E-state index contributed by atoms with van der Waals surface area (Å²) >= 11 is 0. The zero-order valence-corrected chi connectivity index (χ0v) is 17.0. The van der Waals surface area contributed by atoms with Gasteiger partial charge in [0.1, 0.15) is 0 Å². The van der Waals surface area contributed by atoms with E-state index >= 15 is 0 Å². The molecule has 4 aromatic rings. The first kappa shape index (κ1) is 20.1. The zero-order chi connectivity index (χ0) is 21.3. The number of anilines is 1. The molecular formula is C27H23N3O. The Morgan fingerprint density at radius 3 is 2.35 bits per heavy atom. The van der Waals surface area contributed by atoms with Crippen LogP contribution in [0.3, 0.4) is 0 Å². The van der Waals surface area contributed by atoms with E-state index in [0.717, 1.165) is 22.4 Å². The van der Waals surface area contributed by atoms with Gasteiger partial charge in [-0.3, -0.25) is 4.98 Å². The van der Waals surface area contributed by atoms with Crippen LogP contribution in [-0.2, 0) is 6.54 Å². The van der Waals surface area contributed by atoms with Crippen molar-refractivity contribution in [3.05, 3.63) is 120 Å². The van der Waals surface area contributed by atoms with Crippen molar-refractivity contribution < 1.29 is 4.79 Å². The molecule has 0 aliphatic rings. The lowest BCUT2D eigenvalue weighted by atomic mass is 9.99. The van der Waals surface area contributed by atoms with Gasteiger partial charge in [-0.25, -0.2) is 4.79 Å². The molecular weight excluding hydrogens is 382 g/mol. The topological polar surface area (TPSA) is 54.0 Å². The molecule has 0 aliphatic heterocycles. The number of aromatic nitrogens is 1. The van der Waals surface area contributed by atoms with Crippen molar-refractivity contribution in [2.45, 2.75) is 6.54 Å². The van der Waals surface area contributed by atoms with Crippen LogP contribution in [0.5, 0.6) is 0 Å². The fraction of sp³-hybridized carbons (Fsp3) is 0.0370. The molecule has 1 heterocycles. The highest BCUT2D eigenvalue weighted by molar-refractivity contribution is 5.89.